The summed E-state index contributed by atoms with van der Waals surface area (Å²) in [5.74, 6) is -0.435. The van der Waals surface area contributed by atoms with Gasteiger partial charge in [0.15, 0.2) is 0 Å². The van der Waals surface area contributed by atoms with Crippen LogP contribution < -0.4 is 15.4 Å². The molecule has 0 unspecified atom stereocenters. The zero-order valence-electron chi connectivity index (χ0n) is 19.0. The highest BCUT2D eigenvalue weighted by molar-refractivity contribution is 7.92. The summed E-state index contributed by atoms with van der Waals surface area (Å²) in [7, 11) is -3.71. The molecule has 0 bridgehead atoms. The van der Waals surface area contributed by atoms with E-state index in [2.05, 4.69) is 15.4 Å². The fraction of sp³-hybridized carbons (Fsp3) is 0.375. The van der Waals surface area contributed by atoms with Gasteiger partial charge in [0, 0.05) is 24.3 Å². The molecular formula is C24H28N4O5S. The van der Waals surface area contributed by atoms with Gasteiger partial charge in [-0.3, -0.25) is 19.2 Å². The molecule has 9 nitrogen and oxygen atoms in total. The average Bonchev–Trinajstić information content (AvgIpc) is 3.35. The van der Waals surface area contributed by atoms with Crippen molar-refractivity contribution in [2.45, 2.75) is 55.9 Å². The second-order valence-electron chi connectivity index (χ2n) is 8.82. The van der Waals surface area contributed by atoms with Crippen LogP contribution in [0, 0.1) is 6.92 Å². The van der Waals surface area contributed by atoms with Gasteiger partial charge in [-0.2, -0.15) is 0 Å². The lowest BCUT2D eigenvalue weighted by molar-refractivity contribution is -0.131. The number of amides is 4. The number of imide groups is 1. The summed E-state index contributed by atoms with van der Waals surface area (Å²) in [5.41, 5.74) is 1.12. The number of rotatable bonds is 8. The van der Waals surface area contributed by atoms with Gasteiger partial charge in [0.2, 0.25) is 5.91 Å². The summed E-state index contributed by atoms with van der Waals surface area (Å²) in [6.45, 7) is 2.07. The van der Waals surface area contributed by atoms with Crippen LogP contribution in [0.1, 0.15) is 44.1 Å². The highest BCUT2D eigenvalue weighted by Crippen LogP contribution is 2.35. The van der Waals surface area contributed by atoms with Gasteiger partial charge >= 0.3 is 6.03 Å². The topological polar surface area (TPSA) is 125 Å². The first-order valence-corrected chi connectivity index (χ1v) is 12.8. The molecule has 4 amide bonds. The van der Waals surface area contributed by atoms with E-state index in [1.54, 1.807) is 48.5 Å². The molecule has 1 saturated carbocycles. The number of hydrogen-bond donors (Lipinski definition) is 3. The second-order valence-corrected chi connectivity index (χ2v) is 10.5. The maximum Gasteiger partial charge on any atom is 0.325 e. The molecule has 2 aromatic rings. The molecule has 4 rings (SSSR count). The molecule has 0 radical (unpaired) electrons. The van der Waals surface area contributed by atoms with E-state index in [9.17, 15) is 22.8 Å². The third-order valence-electron chi connectivity index (χ3n) is 6.24. The lowest BCUT2D eigenvalue weighted by Gasteiger charge is -2.19. The number of carbonyl (C=O) groups excluding carboxylic acids is 3. The van der Waals surface area contributed by atoms with E-state index in [4.69, 9.17) is 0 Å². The number of urea groups is 1. The molecule has 2 aromatic carbocycles. The molecule has 10 heteroatoms. The van der Waals surface area contributed by atoms with Gasteiger partial charge in [0.05, 0.1) is 4.90 Å². The number of benzene rings is 2. The van der Waals surface area contributed by atoms with Crippen molar-refractivity contribution in [2.24, 2.45) is 0 Å². The molecule has 2 fully saturated rings. The minimum Gasteiger partial charge on any atom is -0.326 e. The van der Waals surface area contributed by atoms with Crippen LogP contribution in [-0.4, -0.2) is 43.2 Å². The largest absolute Gasteiger partial charge is 0.326 e. The predicted octanol–water partition coefficient (Wildman–Crippen LogP) is 3.38. The lowest BCUT2D eigenvalue weighted by Crippen LogP contribution is -2.44. The second kappa shape index (κ2) is 9.46. The van der Waals surface area contributed by atoms with Crippen molar-refractivity contribution in [1.82, 2.24) is 10.2 Å². The first kappa shape index (κ1) is 23.7. The van der Waals surface area contributed by atoms with Crippen LogP contribution >= 0.6 is 0 Å². The Labute approximate surface area is 199 Å². The number of nitrogens with one attached hydrogen (secondary N) is 3. The normalized spacial score (nSPS) is 17.1. The standard InChI is InChI=1S/C24H28N4O5S/c1-17-6-12-20(13-7-17)34(32,33)27-19-10-8-18(9-11-19)25-21(29)5-4-16-28-22(30)24(26-23(28)31)14-2-3-15-24/h6-13,27H,2-5,14-16H2,1H3,(H,25,29)(H,26,31). The van der Waals surface area contributed by atoms with Crippen molar-refractivity contribution < 1.29 is 22.8 Å². The molecule has 34 heavy (non-hydrogen) atoms. The smallest absolute Gasteiger partial charge is 0.325 e. The third-order valence-corrected chi connectivity index (χ3v) is 7.64. The number of aryl methyl sites for hydroxylation is 1. The molecule has 1 heterocycles. The van der Waals surface area contributed by atoms with E-state index >= 15 is 0 Å². The zero-order chi connectivity index (χ0) is 24.3. The van der Waals surface area contributed by atoms with Crippen LogP contribution in [0.15, 0.2) is 53.4 Å². The number of anilines is 2. The van der Waals surface area contributed by atoms with Gasteiger partial charge in [0.1, 0.15) is 5.54 Å². The number of hydrogen-bond acceptors (Lipinski definition) is 5. The quantitative estimate of drug-likeness (QED) is 0.496. The van der Waals surface area contributed by atoms with E-state index in [-0.39, 0.29) is 35.7 Å². The molecule has 0 atom stereocenters. The van der Waals surface area contributed by atoms with E-state index in [1.165, 1.54) is 4.90 Å². The van der Waals surface area contributed by atoms with Crippen LogP contribution in [-0.2, 0) is 19.6 Å². The highest BCUT2D eigenvalue weighted by atomic mass is 32.2. The monoisotopic (exact) mass is 484 g/mol. The Hall–Kier alpha value is -3.40. The lowest BCUT2D eigenvalue weighted by atomic mass is 9.98. The maximum absolute atomic E-state index is 12.6. The third kappa shape index (κ3) is 5.06. The Bertz CT molecular complexity index is 1190. The van der Waals surface area contributed by atoms with Crippen molar-refractivity contribution in [2.75, 3.05) is 16.6 Å². The number of nitrogens with zero attached hydrogens (tertiary/aromatic N) is 1. The number of carbonyl (C=O) groups is 3. The first-order valence-electron chi connectivity index (χ1n) is 11.3. The minimum atomic E-state index is -3.71. The van der Waals surface area contributed by atoms with Gasteiger partial charge in [0.25, 0.3) is 15.9 Å². The molecule has 3 N–H and O–H groups in total. The zero-order valence-corrected chi connectivity index (χ0v) is 19.8. The highest BCUT2D eigenvalue weighted by Gasteiger charge is 2.52. The molecule has 1 aliphatic carbocycles. The van der Waals surface area contributed by atoms with Crippen molar-refractivity contribution in [3.8, 4) is 0 Å². The van der Waals surface area contributed by atoms with Crippen molar-refractivity contribution in [3.63, 3.8) is 0 Å². The van der Waals surface area contributed by atoms with Gasteiger partial charge in [-0.25, -0.2) is 13.2 Å². The molecule has 0 aromatic heterocycles. The fourth-order valence-corrected chi connectivity index (χ4v) is 5.43. The molecule has 1 saturated heterocycles. The summed E-state index contributed by atoms with van der Waals surface area (Å²) < 4.78 is 27.5. The summed E-state index contributed by atoms with van der Waals surface area (Å²) in [5, 5.41) is 5.58. The molecule has 1 spiro atoms. The SMILES string of the molecule is Cc1ccc(S(=O)(=O)Nc2ccc(NC(=O)CCCN3C(=O)NC4(CCCC4)C3=O)cc2)cc1. The Morgan fingerprint density at radius 2 is 1.62 bits per heavy atom. The summed E-state index contributed by atoms with van der Waals surface area (Å²) >= 11 is 0. The van der Waals surface area contributed by atoms with Crippen molar-refractivity contribution in [3.05, 3.63) is 54.1 Å². The van der Waals surface area contributed by atoms with Crippen LogP contribution in [0.4, 0.5) is 16.2 Å². The summed E-state index contributed by atoms with van der Waals surface area (Å²) in [4.78, 5) is 38.5. The number of sulfonamides is 1. The van der Waals surface area contributed by atoms with E-state index in [1.807, 2.05) is 6.92 Å². The van der Waals surface area contributed by atoms with Crippen LogP contribution in [0.2, 0.25) is 0 Å². The van der Waals surface area contributed by atoms with Gasteiger partial charge < -0.3 is 10.6 Å². The molecule has 2 aliphatic rings. The Morgan fingerprint density at radius 1 is 1.00 bits per heavy atom. The van der Waals surface area contributed by atoms with E-state index < -0.39 is 15.6 Å². The van der Waals surface area contributed by atoms with Crippen LogP contribution in [0.3, 0.4) is 0 Å². The Morgan fingerprint density at radius 3 is 2.26 bits per heavy atom. The minimum absolute atomic E-state index is 0.145. The average molecular weight is 485 g/mol. The van der Waals surface area contributed by atoms with Crippen LogP contribution in [0.5, 0.6) is 0 Å². The van der Waals surface area contributed by atoms with Crippen molar-refractivity contribution >= 4 is 39.2 Å². The summed E-state index contributed by atoms with van der Waals surface area (Å²) in [6, 6.07) is 12.5. The molecule has 180 valence electrons. The summed E-state index contributed by atoms with van der Waals surface area (Å²) in [6.07, 6.45) is 3.70. The van der Waals surface area contributed by atoms with E-state index in [0.29, 0.717) is 30.6 Å². The Kier molecular flexibility index (Phi) is 6.60. The van der Waals surface area contributed by atoms with Crippen LogP contribution in [0.25, 0.3) is 0 Å². The van der Waals surface area contributed by atoms with E-state index in [0.717, 1.165) is 18.4 Å². The van der Waals surface area contributed by atoms with Gasteiger partial charge in [-0.15, -0.1) is 0 Å². The van der Waals surface area contributed by atoms with Gasteiger partial charge in [-0.05, 0) is 62.6 Å². The predicted molar refractivity (Wildman–Crippen MR) is 128 cm³/mol. The first-order chi connectivity index (χ1) is 16.2. The maximum atomic E-state index is 12.6. The molecule has 1 aliphatic heterocycles. The van der Waals surface area contributed by atoms with Crippen molar-refractivity contribution in [1.29, 1.82) is 0 Å². The van der Waals surface area contributed by atoms with Gasteiger partial charge in [-0.1, -0.05) is 30.5 Å². The fourth-order valence-electron chi connectivity index (χ4n) is 4.37. The molecular weight excluding hydrogens is 456 g/mol. The Balaban J connectivity index is 1.26.